The van der Waals surface area contributed by atoms with Crippen LogP contribution in [0.5, 0.6) is 23.0 Å². The van der Waals surface area contributed by atoms with Gasteiger partial charge in [-0.25, -0.2) is 9.07 Å². The first-order chi connectivity index (χ1) is 16.5. The van der Waals surface area contributed by atoms with Gasteiger partial charge in [-0.05, 0) is 77.9 Å². The lowest BCUT2D eigenvalue weighted by molar-refractivity contribution is 0.373. The molecule has 0 radical (unpaired) electrons. The molecule has 6 nitrogen and oxygen atoms in total. The van der Waals surface area contributed by atoms with Gasteiger partial charge in [-0.2, -0.15) is 5.10 Å². The topological polar surface area (TPSA) is 76.7 Å². The van der Waals surface area contributed by atoms with Crippen LogP contribution in [0.1, 0.15) is 22.5 Å². The largest absolute Gasteiger partial charge is 0.504 e. The van der Waals surface area contributed by atoms with E-state index < -0.39 is 0 Å². The van der Waals surface area contributed by atoms with E-state index in [0.717, 1.165) is 16.8 Å². The van der Waals surface area contributed by atoms with Crippen molar-refractivity contribution in [3.8, 4) is 28.7 Å². The first kappa shape index (κ1) is 22.7. The molecule has 0 amide bonds. The Morgan fingerprint density at radius 3 is 1.85 bits per heavy atom. The summed E-state index contributed by atoms with van der Waals surface area (Å²) in [5.74, 6) is 0.562. The SMILES string of the molecule is COc1cc(/C=C/c2cc(/C=C/c3ccc(O)c(OC)c3)n(-c3ccc(F)cc3)n2)ccc1O. The van der Waals surface area contributed by atoms with Crippen molar-refractivity contribution >= 4 is 24.3 Å². The summed E-state index contributed by atoms with van der Waals surface area (Å²) in [6, 6.07) is 18.1. The molecule has 4 aromatic rings. The van der Waals surface area contributed by atoms with E-state index in [-0.39, 0.29) is 17.3 Å². The molecule has 34 heavy (non-hydrogen) atoms. The summed E-state index contributed by atoms with van der Waals surface area (Å²) in [5, 5.41) is 24.3. The van der Waals surface area contributed by atoms with E-state index in [1.807, 2.05) is 30.4 Å². The molecular formula is C27H23FN2O4. The second kappa shape index (κ2) is 9.95. The lowest BCUT2D eigenvalue weighted by Crippen LogP contribution is -1.99. The van der Waals surface area contributed by atoms with Crippen LogP contribution in [0.3, 0.4) is 0 Å². The average Bonchev–Trinajstić information content (AvgIpc) is 3.26. The highest BCUT2D eigenvalue weighted by Crippen LogP contribution is 2.28. The molecule has 0 bridgehead atoms. The van der Waals surface area contributed by atoms with E-state index in [1.165, 1.54) is 26.4 Å². The molecule has 0 spiro atoms. The summed E-state index contributed by atoms with van der Waals surface area (Å²) in [4.78, 5) is 0. The van der Waals surface area contributed by atoms with Gasteiger partial charge in [-0.1, -0.05) is 24.3 Å². The Morgan fingerprint density at radius 1 is 0.735 bits per heavy atom. The highest BCUT2D eigenvalue weighted by molar-refractivity contribution is 5.74. The number of phenolic OH excluding ortho intramolecular Hbond substituents is 2. The molecular weight excluding hydrogens is 435 g/mol. The molecule has 1 heterocycles. The molecule has 3 aromatic carbocycles. The Morgan fingerprint density at radius 2 is 1.29 bits per heavy atom. The highest BCUT2D eigenvalue weighted by atomic mass is 19.1. The normalized spacial score (nSPS) is 11.4. The third-order valence-electron chi connectivity index (χ3n) is 5.13. The zero-order valence-corrected chi connectivity index (χ0v) is 18.6. The third kappa shape index (κ3) is 5.10. The smallest absolute Gasteiger partial charge is 0.161 e. The number of hydrogen-bond donors (Lipinski definition) is 2. The molecule has 2 N–H and O–H groups in total. The van der Waals surface area contributed by atoms with Crippen LogP contribution >= 0.6 is 0 Å². The predicted octanol–water partition coefficient (Wildman–Crippen LogP) is 5.78. The van der Waals surface area contributed by atoms with Crippen molar-refractivity contribution in [3.63, 3.8) is 0 Å². The monoisotopic (exact) mass is 458 g/mol. The van der Waals surface area contributed by atoms with Crippen LogP contribution in [-0.4, -0.2) is 34.2 Å². The average molecular weight is 458 g/mol. The predicted molar refractivity (Wildman–Crippen MR) is 131 cm³/mol. The number of aromatic hydroxyl groups is 2. The fraction of sp³-hybridized carbons (Fsp3) is 0.0741. The molecule has 1 aromatic heterocycles. The standard InChI is InChI=1S/C27H23FN2O4/c1-33-26-15-18(5-13-24(26)31)3-9-21-17-23(30(29-21)22-11-7-20(28)8-12-22)10-4-19-6-14-25(32)27(16-19)34-2/h3-17,31-32H,1-2H3/b9-3+,10-4+. The fourth-order valence-corrected chi connectivity index (χ4v) is 3.36. The van der Waals surface area contributed by atoms with Crippen molar-refractivity contribution in [2.24, 2.45) is 0 Å². The minimum absolute atomic E-state index is 0.0642. The Kier molecular flexibility index (Phi) is 6.64. The maximum atomic E-state index is 13.5. The van der Waals surface area contributed by atoms with E-state index in [9.17, 15) is 14.6 Å². The number of hydrogen-bond acceptors (Lipinski definition) is 5. The first-order valence-electron chi connectivity index (χ1n) is 10.4. The maximum Gasteiger partial charge on any atom is 0.161 e. The number of rotatable bonds is 7. The summed E-state index contributed by atoms with van der Waals surface area (Å²) in [5.41, 5.74) is 3.81. The van der Waals surface area contributed by atoms with E-state index in [0.29, 0.717) is 22.9 Å². The van der Waals surface area contributed by atoms with E-state index >= 15 is 0 Å². The fourth-order valence-electron chi connectivity index (χ4n) is 3.36. The molecule has 0 aliphatic carbocycles. The second-order valence-corrected chi connectivity index (χ2v) is 7.41. The molecule has 0 aliphatic heterocycles. The molecule has 0 unspecified atom stereocenters. The van der Waals surface area contributed by atoms with Crippen LogP contribution in [0, 0.1) is 5.82 Å². The minimum Gasteiger partial charge on any atom is -0.504 e. The van der Waals surface area contributed by atoms with Gasteiger partial charge in [0.1, 0.15) is 5.82 Å². The van der Waals surface area contributed by atoms with Crippen molar-refractivity contribution in [1.29, 1.82) is 0 Å². The number of halogens is 1. The molecule has 0 saturated carbocycles. The van der Waals surface area contributed by atoms with Crippen LogP contribution < -0.4 is 9.47 Å². The zero-order valence-electron chi connectivity index (χ0n) is 18.6. The molecule has 4 rings (SSSR count). The number of ether oxygens (including phenoxy) is 2. The Labute approximate surface area is 196 Å². The zero-order chi connectivity index (χ0) is 24.1. The molecule has 0 aliphatic rings. The van der Waals surface area contributed by atoms with Crippen LogP contribution in [-0.2, 0) is 0 Å². The van der Waals surface area contributed by atoms with Crippen molar-refractivity contribution in [2.45, 2.75) is 0 Å². The number of aromatic nitrogens is 2. The van der Waals surface area contributed by atoms with Gasteiger partial charge >= 0.3 is 0 Å². The Hall–Kier alpha value is -4.52. The van der Waals surface area contributed by atoms with Crippen molar-refractivity contribution in [1.82, 2.24) is 9.78 Å². The van der Waals surface area contributed by atoms with Gasteiger partial charge < -0.3 is 19.7 Å². The summed E-state index contributed by atoms with van der Waals surface area (Å²) < 4.78 is 25.5. The molecule has 0 atom stereocenters. The summed E-state index contributed by atoms with van der Waals surface area (Å²) in [6.45, 7) is 0. The Bertz CT molecular complexity index is 1360. The first-order valence-corrected chi connectivity index (χ1v) is 10.4. The summed E-state index contributed by atoms with van der Waals surface area (Å²) in [7, 11) is 2.99. The van der Waals surface area contributed by atoms with Crippen LogP contribution in [0.25, 0.3) is 30.0 Å². The lowest BCUT2D eigenvalue weighted by Gasteiger charge is -2.05. The molecule has 172 valence electrons. The quantitative estimate of drug-likeness (QED) is 0.367. The highest BCUT2D eigenvalue weighted by Gasteiger charge is 2.08. The van der Waals surface area contributed by atoms with Crippen LogP contribution in [0.2, 0.25) is 0 Å². The summed E-state index contributed by atoms with van der Waals surface area (Å²) >= 11 is 0. The third-order valence-corrected chi connectivity index (χ3v) is 5.13. The van der Waals surface area contributed by atoms with Gasteiger partial charge in [0.25, 0.3) is 0 Å². The van der Waals surface area contributed by atoms with Crippen molar-refractivity contribution < 1.29 is 24.1 Å². The van der Waals surface area contributed by atoms with Crippen molar-refractivity contribution in [2.75, 3.05) is 14.2 Å². The van der Waals surface area contributed by atoms with E-state index in [2.05, 4.69) is 5.10 Å². The molecule has 0 fully saturated rings. The molecule has 7 heteroatoms. The van der Waals surface area contributed by atoms with Gasteiger partial charge in [0.2, 0.25) is 0 Å². The van der Waals surface area contributed by atoms with Crippen LogP contribution in [0.4, 0.5) is 4.39 Å². The molecule has 0 saturated heterocycles. The van der Waals surface area contributed by atoms with E-state index in [4.69, 9.17) is 9.47 Å². The summed E-state index contributed by atoms with van der Waals surface area (Å²) in [6.07, 6.45) is 7.45. The lowest BCUT2D eigenvalue weighted by atomic mass is 10.1. The number of nitrogens with zero attached hydrogens (tertiary/aromatic N) is 2. The number of benzene rings is 3. The van der Waals surface area contributed by atoms with Crippen LogP contribution in [0.15, 0.2) is 66.7 Å². The maximum absolute atomic E-state index is 13.5. The van der Waals surface area contributed by atoms with Gasteiger partial charge in [0.15, 0.2) is 23.0 Å². The number of phenols is 2. The van der Waals surface area contributed by atoms with Crippen molar-refractivity contribution in [3.05, 3.63) is 95.1 Å². The van der Waals surface area contributed by atoms with Gasteiger partial charge in [0, 0.05) is 0 Å². The second-order valence-electron chi connectivity index (χ2n) is 7.41. The van der Waals surface area contributed by atoms with Gasteiger partial charge in [-0.3, -0.25) is 0 Å². The Balaban J connectivity index is 1.69. The minimum atomic E-state index is -0.328. The number of methoxy groups -OCH3 is 2. The van der Waals surface area contributed by atoms with Gasteiger partial charge in [0.05, 0.1) is 31.3 Å². The van der Waals surface area contributed by atoms with Gasteiger partial charge in [-0.15, -0.1) is 0 Å². The van der Waals surface area contributed by atoms with E-state index in [1.54, 1.807) is 53.2 Å².